The number of hydrogen-bond donors (Lipinski definition) is 1. The maximum absolute atomic E-state index is 12.8. The number of nitrogens with two attached hydrogens (primary N) is 1. The van der Waals surface area contributed by atoms with Crippen molar-refractivity contribution >= 4 is 5.97 Å². The summed E-state index contributed by atoms with van der Waals surface area (Å²) < 4.78 is 67.3. The molecule has 1 rings (SSSR count). The number of hydrogen-bond acceptors (Lipinski definition) is 4. The molecule has 0 aliphatic rings. The van der Waals surface area contributed by atoms with E-state index >= 15 is 0 Å². The number of ether oxygens (including phenoxy) is 1. The first kappa shape index (κ1) is 15.3. The van der Waals surface area contributed by atoms with E-state index in [9.17, 15) is 26.7 Å². The van der Waals surface area contributed by atoms with Crippen molar-refractivity contribution in [2.75, 3.05) is 7.11 Å². The van der Waals surface area contributed by atoms with Gasteiger partial charge < -0.3 is 10.5 Å². The first-order valence-electron chi connectivity index (χ1n) is 4.89. The molecule has 1 aromatic heterocycles. The van der Waals surface area contributed by atoms with Crippen LogP contribution in [-0.4, -0.2) is 18.1 Å². The van der Waals surface area contributed by atoms with E-state index in [0.717, 1.165) is 7.11 Å². The predicted octanol–water partition coefficient (Wildman–Crippen LogP) is 2.28. The van der Waals surface area contributed by atoms with Gasteiger partial charge in [0.15, 0.2) is 0 Å². The Hall–Kier alpha value is -1.77. The smallest absolute Gasteiger partial charge is 0.433 e. The quantitative estimate of drug-likeness (QED) is 0.683. The van der Waals surface area contributed by atoms with Crippen LogP contribution < -0.4 is 5.73 Å². The molecule has 0 spiro atoms. The zero-order valence-corrected chi connectivity index (χ0v) is 9.59. The zero-order valence-electron chi connectivity index (χ0n) is 9.59. The van der Waals surface area contributed by atoms with Crippen LogP contribution in [0.4, 0.5) is 22.0 Å². The summed E-state index contributed by atoms with van der Waals surface area (Å²) in [6.07, 6.45) is -8.20. The molecule has 0 unspecified atom stereocenters. The lowest BCUT2D eigenvalue weighted by Crippen LogP contribution is -2.19. The molecule has 1 heterocycles. The predicted molar refractivity (Wildman–Crippen MR) is 53.4 cm³/mol. The Morgan fingerprint density at radius 3 is 2.42 bits per heavy atom. The van der Waals surface area contributed by atoms with Gasteiger partial charge in [-0.3, -0.25) is 0 Å². The Bertz CT molecular complexity index is 488. The molecule has 4 nitrogen and oxygen atoms in total. The van der Waals surface area contributed by atoms with Gasteiger partial charge in [-0.05, 0) is 6.07 Å². The van der Waals surface area contributed by atoms with Crippen molar-refractivity contribution < 1.29 is 31.5 Å². The highest BCUT2D eigenvalue weighted by atomic mass is 19.4. The normalized spacial score (nSPS) is 11.8. The van der Waals surface area contributed by atoms with Gasteiger partial charge in [-0.15, -0.1) is 0 Å². The molecule has 19 heavy (non-hydrogen) atoms. The van der Waals surface area contributed by atoms with E-state index in [4.69, 9.17) is 5.73 Å². The molecule has 0 amide bonds. The third-order valence-corrected chi connectivity index (χ3v) is 2.23. The van der Waals surface area contributed by atoms with Crippen LogP contribution in [-0.2, 0) is 17.5 Å². The fourth-order valence-corrected chi connectivity index (χ4v) is 1.42. The standard InChI is InChI=1S/C10H9F5N2O2/c1-19-9(18)7-4(8(11)12)2-6(10(13,14)15)17-5(7)3-16/h2,8H,3,16H2,1H3. The van der Waals surface area contributed by atoms with Crippen LogP contribution in [0.5, 0.6) is 0 Å². The second kappa shape index (κ2) is 5.47. The molecule has 1 aromatic rings. The average Bonchev–Trinajstić information content (AvgIpc) is 2.34. The first-order valence-corrected chi connectivity index (χ1v) is 4.89. The van der Waals surface area contributed by atoms with E-state index in [1.54, 1.807) is 0 Å². The van der Waals surface area contributed by atoms with E-state index in [2.05, 4.69) is 9.72 Å². The van der Waals surface area contributed by atoms with Crippen molar-refractivity contribution in [1.82, 2.24) is 4.98 Å². The number of nitrogens with zero attached hydrogens (tertiary/aromatic N) is 1. The van der Waals surface area contributed by atoms with Crippen molar-refractivity contribution in [3.05, 3.63) is 28.6 Å². The number of alkyl halides is 5. The maximum atomic E-state index is 12.8. The maximum Gasteiger partial charge on any atom is 0.433 e. The van der Waals surface area contributed by atoms with Gasteiger partial charge in [0.05, 0.1) is 18.4 Å². The summed E-state index contributed by atoms with van der Waals surface area (Å²) in [4.78, 5) is 14.4. The number of rotatable bonds is 3. The van der Waals surface area contributed by atoms with Gasteiger partial charge in [0.1, 0.15) is 5.69 Å². The van der Waals surface area contributed by atoms with Crippen molar-refractivity contribution in [2.45, 2.75) is 19.1 Å². The number of pyridine rings is 1. The average molecular weight is 284 g/mol. The first-order chi connectivity index (χ1) is 8.72. The highest BCUT2D eigenvalue weighted by Crippen LogP contribution is 2.33. The van der Waals surface area contributed by atoms with Gasteiger partial charge in [0, 0.05) is 12.1 Å². The lowest BCUT2D eigenvalue weighted by atomic mass is 10.0. The molecular weight excluding hydrogens is 275 g/mol. The third-order valence-electron chi connectivity index (χ3n) is 2.23. The molecule has 0 radical (unpaired) electrons. The minimum absolute atomic E-state index is 0.121. The van der Waals surface area contributed by atoms with Crippen molar-refractivity contribution in [2.24, 2.45) is 5.73 Å². The minimum atomic E-state index is -4.91. The van der Waals surface area contributed by atoms with Crippen LogP contribution in [0.2, 0.25) is 0 Å². The third kappa shape index (κ3) is 3.16. The number of methoxy groups -OCH3 is 1. The summed E-state index contributed by atoms with van der Waals surface area (Å²) in [7, 11) is 0.912. The second-order valence-corrected chi connectivity index (χ2v) is 3.41. The van der Waals surface area contributed by atoms with Crippen molar-refractivity contribution in [3.8, 4) is 0 Å². The Labute approximate surface area is 104 Å². The van der Waals surface area contributed by atoms with Gasteiger partial charge in [-0.25, -0.2) is 18.6 Å². The monoisotopic (exact) mass is 284 g/mol. The van der Waals surface area contributed by atoms with Crippen molar-refractivity contribution in [1.29, 1.82) is 0 Å². The van der Waals surface area contributed by atoms with Gasteiger partial charge in [-0.1, -0.05) is 0 Å². The van der Waals surface area contributed by atoms with Crippen LogP contribution in [0.25, 0.3) is 0 Å². The Morgan fingerprint density at radius 1 is 1.47 bits per heavy atom. The number of esters is 1. The number of carbonyl (C=O) groups is 1. The molecule has 0 aromatic carbocycles. The van der Waals surface area contributed by atoms with Crippen LogP contribution >= 0.6 is 0 Å². The van der Waals surface area contributed by atoms with E-state index in [0.29, 0.717) is 0 Å². The Kier molecular flexibility index (Phi) is 4.40. The number of carbonyl (C=O) groups excluding carboxylic acids is 1. The van der Waals surface area contributed by atoms with Gasteiger partial charge >= 0.3 is 12.1 Å². The second-order valence-electron chi connectivity index (χ2n) is 3.41. The summed E-state index contributed by atoms with van der Waals surface area (Å²) in [5.41, 5.74) is 1.19. The fraction of sp³-hybridized carbons (Fsp3) is 0.400. The molecule has 0 saturated heterocycles. The molecule has 0 aliphatic heterocycles. The SMILES string of the molecule is COC(=O)c1c(C(F)F)cc(C(F)(F)F)nc1CN. The topological polar surface area (TPSA) is 65.2 Å². The molecule has 2 N–H and O–H groups in total. The van der Waals surface area contributed by atoms with E-state index in [1.165, 1.54) is 0 Å². The molecule has 0 aliphatic carbocycles. The van der Waals surface area contributed by atoms with Gasteiger partial charge in [0.25, 0.3) is 6.43 Å². The van der Waals surface area contributed by atoms with Gasteiger partial charge in [0.2, 0.25) is 0 Å². The van der Waals surface area contributed by atoms with E-state index < -0.39 is 47.6 Å². The Balaban J connectivity index is 3.58. The molecule has 0 bridgehead atoms. The van der Waals surface area contributed by atoms with Crippen LogP contribution in [0, 0.1) is 0 Å². The lowest BCUT2D eigenvalue weighted by Gasteiger charge is -2.14. The van der Waals surface area contributed by atoms with Crippen molar-refractivity contribution in [3.63, 3.8) is 0 Å². The molecule has 0 saturated carbocycles. The summed E-state index contributed by atoms with van der Waals surface area (Å²) >= 11 is 0. The lowest BCUT2D eigenvalue weighted by molar-refractivity contribution is -0.141. The molecule has 0 fully saturated rings. The Morgan fingerprint density at radius 2 is 2.05 bits per heavy atom. The molecular formula is C10H9F5N2O2. The summed E-state index contributed by atoms with van der Waals surface area (Å²) in [6, 6.07) is 0.121. The fourth-order valence-electron chi connectivity index (χ4n) is 1.42. The molecule has 106 valence electrons. The molecule has 0 atom stereocenters. The van der Waals surface area contributed by atoms with Crippen LogP contribution in [0.1, 0.15) is 33.7 Å². The van der Waals surface area contributed by atoms with E-state index in [-0.39, 0.29) is 6.07 Å². The van der Waals surface area contributed by atoms with E-state index in [1.807, 2.05) is 0 Å². The highest BCUT2D eigenvalue weighted by Gasteiger charge is 2.36. The number of aromatic nitrogens is 1. The number of halogens is 5. The van der Waals surface area contributed by atoms with Gasteiger partial charge in [-0.2, -0.15) is 13.2 Å². The largest absolute Gasteiger partial charge is 0.465 e. The summed E-state index contributed by atoms with van der Waals surface area (Å²) in [5.74, 6) is -1.21. The zero-order chi connectivity index (χ0) is 14.8. The van der Waals surface area contributed by atoms with Crippen LogP contribution in [0.15, 0.2) is 6.07 Å². The minimum Gasteiger partial charge on any atom is -0.465 e. The van der Waals surface area contributed by atoms with Crippen LogP contribution in [0.3, 0.4) is 0 Å². The highest BCUT2D eigenvalue weighted by molar-refractivity contribution is 5.92. The summed E-state index contributed by atoms with van der Waals surface area (Å²) in [5, 5.41) is 0. The molecule has 9 heteroatoms. The summed E-state index contributed by atoms with van der Waals surface area (Å²) in [6.45, 7) is -0.603.